The van der Waals surface area contributed by atoms with E-state index in [1.54, 1.807) is 6.20 Å². The highest BCUT2D eigenvalue weighted by Gasteiger charge is 2.18. The maximum atomic E-state index is 12.9. The first-order valence-corrected chi connectivity index (χ1v) is 7.64. The van der Waals surface area contributed by atoms with Crippen molar-refractivity contribution in [3.05, 3.63) is 40.1 Å². The van der Waals surface area contributed by atoms with Gasteiger partial charge in [-0.15, -0.1) is 11.3 Å². The molecule has 0 unspecified atom stereocenters. The SMILES string of the molecule is Cc1cnc(CNS(=O)(=O)c2ccc(F)cc2N)s1. The molecule has 0 aliphatic carbocycles. The minimum atomic E-state index is -3.77. The van der Waals surface area contributed by atoms with Gasteiger partial charge in [-0.2, -0.15) is 0 Å². The largest absolute Gasteiger partial charge is 0.398 e. The smallest absolute Gasteiger partial charge is 0.243 e. The molecule has 2 aromatic rings. The van der Waals surface area contributed by atoms with Gasteiger partial charge in [0, 0.05) is 11.1 Å². The second kappa shape index (κ2) is 5.24. The standard InChI is InChI=1S/C11H12FN3O2S2/c1-7-5-14-11(18-7)6-15-19(16,17)10-3-2-8(12)4-9(10)13/h2-5,15H,6,13H2,1H3. The number of nitrogens with one attached hydrogen (secondary N) is 1. The zero-order valence-electron chi connectivity index (χ0n) is 10.1. The van der Waals surface area contributed by atoms with Crippen molar-refractivity contribution in [1.82, 2.24) is 9.71 Å². The molecule has 0 aliphatic heterocycles. The lowest BCUT2D eigenvalue weighted by atomic mass is 10.3. The van der Waals surface area contributed by atoms with Crippen molar-refractivity contribution in [2.45, 2.75) is 18.4 Å². The Balaban J connectivity index is 2.18. The van der Waals surface area contributed by atoms with Gasteiger partial charge in [-0.05, 0) is 25.1 Å². The Hall–Kier alpha value is -1.51. The number of aromatic nitrogens is 1. The van der Waals surface area contributed by atoms with Gasteiger partial charge in [0.1, 0.15) is 15.7 Å². The van der Waals surface area contributed by atoms with Gasteiger partial charge in [0.25, 0.3) is 0 Å². The molecule has 0 amide bonds. The van der Waals surface area contributed by atoms with Gasteiger partial charge < -0.3 is 5.73 Å². The molecule has 0 saturated carbocycles. The molecule has 19 heavy (non-hydrogen) atoms. The second-order valence-corrected chi connectivity index (χ2v) is 6.93. The fourth-order valence-corrected chi connectivity index (χ4v) is 3.40. The van der Waals surface area contributed by atoms with E-state index in [9.17, 15) is 12.8 Å². The molecule has 0 spiro atoms. The van der Waals surface area contributed by atoms with Gasteiger partial charge in [0.2, 0.25) is 10.0 Å². The fourth-order valence-electron chi connectivity index (χ4n) is 1.48. The highest BCUT2D eigenvalue weighted by Crippen LogP contribution is 2.19. The van der Waals surface area contributed by atoms with Gasteiger partial charge in [0.05, 0.1) is 12.2 Å². The summed E-state index contributed by atoms with van der Waals surface area (Å²) in [6, 6.07) is 3.17. The zero-order valence-corrected chi connectivity index (χ0v) is 11.7. The molecular weight excluding hydrogens is 289 g/mol. The van der Waals surface area contributed by atoms with Crippen LogP contribution in [0.5, 0.6) is 0 Å². The third-order valence-electron chi connectivity index (χ3n) is 2.34. The summed E-state index contributed by atoms with van der Waals surface area (Å²) in [6.07, 6.45) is 1.67. The van der Waals surface area contributed by atoms with Crippen LogP contribution in [0.3, 0.4) is 0 Å². The van der Waals surface area contributed by atoms with Crippen LogP contribution >= 0.6 is 11.3 Å². The molecule has 0 bridgehead atoms. The van der Waals surface area contributed by atoms with Gasteiger partial charge in [-0.25, -0.2) is 22.5 Å². The highest BCUT2D eigenvalue weighted by molar-refractivity contribution is 7.89. The van der Waals surface area contributed by atoms with Gasteiger partial charge in [-0.3, -0.25) is 0 Å². The molecule has 0 atom stereocenters. The number of hydrogen-bond donors (Lipinski definition) is 2. The van der Waals surface area contributed by atoms with E-state index in [1.807, 2.05) is 6.92 Å². The molecule has 0 radical (unpaired) electrons. The number of benzene rings is 1. The lowest BCUT2D eigenvalue weighted by molar-refractivity contribution is 0.581. The summed E-state index contributed by atoms with van der Waals surface area (Å²) in [4.78, 5) is 4.91. The fraction of sp³-hybridized carbons (Fsp3) is 0.182. The first-order chi connectivity index (χ1) is 8.88. The predicted molar refractivity (Wildman–Crippen MR) is 71.7 cm³/mol. The van der Waals surface area contributed by atoms with Crippen LogP contribution in [0.4, 0.5) is 10.1 Å². The van der Waals surface area contributed by atoms with Crippen LogP contribution in [0.25, 0.3) is 0 Å². The number of hydrogen-bond acceptors (Lipinski definition) is 5. The number of halogens is 1. The van der Waals surface area contributed by atoms with Crippen molar-refractivity contribution in [3.63, 3.8) is 0 Å². The van der Waals surface area contributed by atoms with Crippen molar-refractivity contribution < 1.29 is 12.8 Å². The Morgan fingerprint density at radius 2 is 2.21 bits per heavy atom. The van der Waals surface area contributed by atoms with E-state index in [1.165, 1.54) is 11.3 Å². The van der Waals surface area contributed by atoms with Crippen LogP contribution in [0.2, 0.25) is 0 Å². The number of nitrogen functional groups attached to an aromatic ring is 1. The van der Waals surface area contributed by atoms with E-state index in [4.69, 9.17) is 5.73 Å². The van der Waals surface area contributed by atoms with Crippen molar-refractivity contribution >= 4 is 27.0 Å². The van der Waals surface area contributed by atoms with E-state index in [2.05, 4.69) is 9.71 Å². The van der Waals surface area contributed by atoms with Gasteiger partial charge in [-0.1, -0.05) is 0 Å². The molecule has 5 nitrogen and oxygen atoms in total. The summed E-state index contributed by atoms with van der Waals surface area (Å²) in [5.74, 6) is -0.577. The molecule has 1 aromatic carbocycles. The first kappa shape index (κ1) is 13.9. The zero-order chi connectivity index (χ0) is 14.0. The molecule has 2 rings (SSSR count). The van der Waals surface area contributed by atoms with E-state index in [0.717, 1.165) is 23.1 Å². The Morgan fingerprint density at radius 1 is 1.47 bits per heavy atom. The van der Waals surface area contributed by atoms with Crippen LogP contribution in [-0.2, 0) is 16.6 Å². The number of sulfonamides is 1. The summed E-state index contributed by atoms with van der Waals surface area (Å²) >= 11 is 1.40. The molecule has 0 aliphatic rings. The van der Waals surface area contributed by atoms with E-state index >= 15 is 0 Å². The van der Waals surface area contributed by atoms with Crippen molar-refractivity contribution in [2.24, 2.45) is 0 Å². The number of thiazole rings is 1. The Morgan fingerprint density at radius 3 is 2.79 bits per heavy atom. The molecule has 8 heteroatoms. The third kappa shape index (κ3) is 3.28. The lowest BCUT2D eigenvalue weighted by Gasteiger charge is -2.07. The minimum absolute atomic E-state index is 0.0810. The summed E-state index contributed by atoms with van der Waals surface area (Å²) < 4.78 is 39.3. The minimum Gasteiger partial charge on any atom is -0.398 e. The maximum absolute atomic E-state index is 12.9. The number of nitrogens with two attached hydrogens (primary N) is 1. The normalized spacial score (nSPS) is 11.7. The van der Waals surface area contributed by atoms with Crippen LogP contribution in [0, 0.1) is 12.7 Å². The van der Waals surface area contributed by atoms with Gasteiger partial charge in [0.15, 0.2) is 0 Å². The van der Waals surface area contributed by atoms with Crippen molar-refractivity contribution in [3.8, 4) is 0 Å². The highest BCUT2D eigenvalue weighted by atomic mass is 32.2. The maximum Gasteiger partial charge on any atom is 0.243 e. The summed E-state index contributed by atoms with van der Waals surface area (Å²) in [6.45, 7) is 1.96. The van der Waals surface area contributed by atoms with Crippen molar-refractivity contribution in [1.29, 1.82) is 0 Å². The van der Waals surface area contributed by atoms with Crippen LogP contribution in [-0.4, -0.2) is 13.4 Å². The molecule has 1 heterocycles. The van der Waals surface area contributed by atoms with Crippen molar-refractivity contribution in [2.75, 3.05) is 5.73 Å². The molecular formula is C11H12FN3O2S2. The number of aryl methyl sites for hydroxylation is 1. The third-order valence-corrected chi connectivity index (χ3v) is 4.73. The first-order valence-electron chi connectivity index (χ1n) is 5.34. The van der Waals surface area contributed by atoms with Crippen LogP contribution in [0.1, 0.15) is 9.88 Å². The average Bonchev–Trinajstić information content (AvgIpc) is 2.72. The summed E-state index contributed by atoms with van der Waals surface area (Å²) in [5.41, 5.74) is 5.39. The number of rotatable bonds is 4. The Labute approximate surface area is 114 Å². The molecule has 3 N–H and O–H groups in total. The lowest BCUT2D eigenvalue weighted by Crippen LogP contribution is -2.24. The van der Waals surface area contributed by atoms with Crippen LogP contribution < -0.4 is 10.5 Å². The quantitative estimate of drug-likeness (QED) is 0.841. The monoisotopic (exact) mass is 301 g/mol. The van der Waals surface area contributed by atoms with Crippen LogP contribution in [0.15, 0.2) is 29.3 Å². The predicted octanol–water partition coefficient (Wildman–Crippen LogP) is 1.65. The summed E-state index contributed by atoms with van der Waals surface area (Å²) in [5, 5.41) is 0.654. The molecule has 0 fully saturated rings. The average molecular weight is 301 g/mol. The topological polar surface area (TPSA) is 85.1 Å². The molecule has 0 saturated heterocycles. The van der Waals surface area contributed by atoms with E-state index in [-0.39, 0.29) is 17.1 Å². The summed E-state index contributed by atoms with van der Waals surface area (Å²) in [7, 11) is -3.77. The molecule has 1 aromatic heterocycles. The van der Waals surface area contributed by atoms with Gasteiger partial charge >= 0.3 is 0 Å². The number of anilines is 1. The Kier molecular flexibility index (Phi) is 3.83. The molecule has 102 valence electrons. The second-order valence-electron chi connectivity index (χ2n) is 3.87. The van der Waals surface area contributed by atoms with E-state index in [0.29, 0.717) is 5.01 Å². The van der Waals surface area contributed by atoms with E-state index < -0.39 is 15.8 Å². The Bertz CT molecular complexity index is 698. The number of nitrogens with zero attached hydrogens (tertiary/aromatic N) is 1.